The lowest BCUT2D eigenvalue weighted by Crippen LogP contribution is -3.15. The Morgan fingerprint density at radius 2 is 1.70 bits per heavy atom. The molecule has 1 aliphatic carbocycles. The molecule has 1 saturated carbocycles. The van der Waals surface area contributed by atoms with Crippen LogP contribution in [0, 0.1) is 0 Å². The van der Waals surface area contributed by atoms with Crippen molar-refractivity contribution < 1.29 is 22.9 Å². The second kappa shape index (κ2) is 8.81. The molecule has 1 aromatic carbocycles. The van der Waals surface area contributed by atoms with E-state index in [0.717, 1.165) is 30.6 Å². The van der Waals surface area contributed by atoms with Gasteiger partial charge in [-0.1, -0.05) is 31.0 Å². The number of piperazine rings is 1. The number of benzene rings is 1. The fourth-order valence-corrected chi connectivity index (χ4v) is 5.11. The quantitative estimate of drug-likeness (QED) is 0.617. The topological polar surface area (TPSA) is 100 Å². The van der Waals surface area contributed by atoms with Crippen molar-refractivity contribution in [3.8, 4) is 0 Å². The number of carbonyl (C=O) groups is 2. The summed E-state index contributed by atoms with van der Waals surface area (Å²) in [6, 6.07) is 8.09. The summed E-state index contributed by atoms with van der Waals surface area (Å²) in [4.78, 5) is 25.2. The van der Waals surface area contributed by atoms with Crippen LogP contribution in [-0.4, -0.2) is 63.4 Å². The Balaban J connectivity index is 1.43. The van der Waals surface area contributed by atoms with E-state index in [4.69, 9.17) is 0 Å². The molecule has 3 rings (SSSR count). The number of quaternary nitrogens is 1. The van der Waals surface area contributed by atoms with Gasteiger partial charge >= 0.3 is 6.03 Å². The molecule has 148 valence electrons. The van der Waals surface area contributed by atoms with Crippen LogP contribution in [0.5, 0.6) is 0 Å². The number of rotatable bonds is 5. The standard InChI is InChI=1S/C18H26N4O4S/c23-17(20-18(24)19-15-6-4-5-7-15)14-21-10-12-22(13-11-21)27(25,26)16-8-2-1-3-9-16/h1-3,8-9,15H,4-7,10-14H2,(H2,19,20,23,24)/p+1. The Morgan fingerprint density at radius 3 is 2.33 bits per heavy atom. The van der Waals surface area contributed by atoms with E-state index in [9.17, 15) is 18.0 Å². The van der Waals surface area contributed by atoms with E-state index in [0.29, 0.717) is 26.2 Å². The number of hydrogen-bond donors (Lipinski definition) is 3. The Hall–Kier alpha value is -1.97. The van der Waals surface area contributed by atoms with Crippen LogP contribution in [0.4, 0.5) is 4.79 Å². The van der Waals surface area contributed by atoms with Gasteiger partial charge in [-0.05, 0) is 25.0 Å². The number of sulfonamides is 1. The molecule has 1 heterocycles. The largest absolute Gasteiger partial charge is 0.335 e. The number of imide groups is 1. The highest BCUT2D eigenvalue weighted by molar-refractivity contribution is 7.89. The SMILES string of the molecule is O=C(C[NH+]1CCN(S(=O)(=O)c2ccccc2)CC1)NC(=O)NC1CCCC1. The maximum atomic E-state index is 12.6. The van der Waals surface area contributed by atoms with Crippen molar-refractivity contribution in [3.63, 3.8) is 0 Å². The van der Waals surface area contributed by atoms with Gasteiger partial charge in [0.25, 0.3) is 5.91 Å². The summed E-state index contributed by atoms with van der Waals surface area (Å²) in [5.74, 6) is -0.333. The smallest absolute Gasteiger partial charge is 0.321 e. The van der Waals surface area contributed by atoms with Crippen molar-refractivity contribution in [2.24, 2.45) is 0 Å². The van der Waals surface area contributed by atoms with Crippen molar-refractivity contribution in [1.29, 1.82) is 0 Å². The second-order valence-electron chi connectivity index (χ2n) is 7.15. The third kappa shape index (κ3) is 5.27. The van der Waals surface area contributed by atoms with Crippen molar-refractivity contribution >= 4 is 22.0 Å². The van der Waals surface area contributed by atoms with E-state index in [1.165, 1.54) is 4.31 Å². The summed E-state index contributed by atoms with van der Waals surface area (Å²) >= 11 is 0. The molecule has 2 aliphatic rings. The molecule has 0 aromatic heterocycles. The molecule has 8 nitrogen and oxygen atoms in total. The van der Waals surface area contributed by atoms with Gasteiger partial charge in [-0.2, -0.15) is 4.31 Å². The summed E-state index contributed by atoms with van der Waals surface area (Å²) in [7, 11) is -3.49. The molecule has 0 bridgehead atoms. The van der Waals surface area contributed by atoms with E-state index in [1.807, 2.05) is 0 Å². The van der Waals surface area contributed by atoms with E-state index in [-0.39, 0.29) is 23.4 Å². The zero-order valence-electron chi connectivity index (χ0n) is 15.3. The van der Waals surface area contributed by atoms with Crippen LogP contribution in [0.15, 0.2) is 35.2 Å². The number of nitrogens with one attached hydrogen (secondary N) is 3. The van der Waals surface area contributed by atoms with E-state index in [1.54, 1.807) is 30.3 Å². The van der Waals surface area contributed by atoms with Crippen LogP contribution in [-0.2, 0) is 14.8 Å². The first kappa shape index (κ1) is 19.8. The average molecular weight is 396 g/mol. The third-order valence-corrected chi connectivity index (χ3v) is 7.08. The lowest BCUT2D eigenvalue weighted by atomic mass is 10.2. The number of amides is 3. The molecule has 27 heavy (non-hydrogen) atoms. The zero-order chi connectivity index (χ0) is 19.3. The Bertz CT molecular complexity index is 755. The van der Waals surface area contributed by atoms with Gasteiger partial charge in [0.2, 0.25) is 10.0 Å². The van der Waals surface area contributed by atoms with Gasteiger partial charge in [0.15, 0.2) is 6.54 Å². The number of urea groups is 1. The van der Waals surface area contributed by atoms with Crippen LogP contribution in [0.25, 0.3) is 0 Å². The molecule has 2 fully saturated rings. The zero-order valence-corrected chi connectivity index (χ0v) is 16.1. The van der Waals surface area contributed by atoms with Crippen LogP contribution >= 0.6 is 0 Å². The summed E-state index contributed by atoms with van der Waals surface area (Å²) in [5.41, 5.74) is 0. The summed E-state index contributed by atoms with van der Waals surface area (Å²) in [6.07, 6.45) is 4.15. The molecule has 0 unspecified atom stereocenters. The van der Waals surface area contributed by atoms with Crippen molar-refractivity contribution in [3.05, 3.63) is 30.3 Å². The van der Waals surface area contributed by atoms with E-state index in [2.05, 4.69) is 10.6 Å². The molecule has 1 aliphatic heterocycles. The molecule has 9 heteroatoms. The normalized spacial score (nSPS) is 19.7. The minimum atomic E-state index is -3.49. The lowest BCUT2D eigenvalue weighted by molar-refractivity contribution is -0.895. The van der Waals surface area contributed by atoms with Crippen molar-refractivity contribution in [2.45, 2.75) is 36.6 Å². The van der Waals surface area contributed by atoms with Gasteiger partial charge in [0.05, 0.1) is 31.1 Å². The molecule has 3 N–H and O–H groups in total. The average Bonchev–Trinajstić information content (AvgIpc) is 3.15. The van der Waals surface area contributed by atoms with Crippen LogP contribution in [0.3, 0.4) is 0 Å². The predicted molar refractivity (Wildman–Crippen MR) is 99.7 cm³/mol. The Morgan fingerprint density at radius 1 is 1.07 bits per heavy atom. The van der Waals surface area contributed by atoms with Crippen molar-refractivity contribution in [1.82, 2.24) is 14.9 Å². The first-order chi connectivity index (χ1) is 12.9. The monoisotopic (exact) mass is 395 g/mol. The number of nitrogens with zero attached hydrogens (tertiary/aromatic N) is 1. The maximum absolute atomic E-state index is 12.6. The molecule has 1 saturated heterocycles. The second-order valence-corrected chi connectivity index (χ2v) is 9.08. The first-order valence-corrected chi connectivity index (χ1v) is 10.9. The molecule has 3 amide bonds. The first-order valence-electron chi connectivity index (χ1n) is 9.44. The highest BCUT2D eigenvalue weighted by atomic mass is 32.2. The highest BCUT2D eigenvalue weighted by Crippen LogP contribution is 2.17. The van der Waals surface area contributed by atoms with Crippen LogP contribution in [0.2, 0.25) is 0 Å². The fraction of sp³-hybridized carbons (Fsp3) is 0.556. The van der Waals surface area contributed by atoms with Gasteiger partial charge in [0.1, 0.15) is 0 Å². The van der Waals surface area contributed by atoms with Gasteiger partial charge in [-0.25, -0.2) is 13.2 Å². The predicted octanol–water partition coefficient (Wildman–Crippen LogP) is -0.656. The summed E-state index contributed by atoms with van der Waals surface area (Å²) in [5, 5.41) is 5.20. The number of carbonyl (C=O) groups excluding carboxylic acids is 2. The minimum absolute atomic E-state index is 0.164. The Labute approximate surface area is 160 Å². The maximum Gasteiger partial charge on any atom is 0.321 e. The van der Waals surface area contributed by atoms with Gasteiger partial charge in [-0.15, -0.1) is 0 Å². The molecule has 1 aromatic rings. The van der Waals surface area contributed by atoms with Gasteiger partial charge in [-0.3, -0.25) is 10.1 Å². The molecule has 0 radical (unpaired) electrons. The minimum Gasteiger partial charge on any atom is -0.335 e. The Kier molecular flexibility index (Phi) is 6.46. The van der Waals surface area contributed by atoms with E-state index < -0.39 is 16.1 Å². The van der Waals surface area contributed by atoms with E-state index >= 15 is 0 Å². The van der Waals surface area contributed by atoms with Crippen LogP contribution in [0.1, 0.15) is 25.7 Å². The number of hydrogen-bond acceptors (Lipinski definition) is 4. The van der Waals surface area contributed by atoms with Crippen molar-refractivity contribution in [2.75, 3.05) is 32.7 Å². The third-order valence-electron chi connectivity index (χ3n) is 5.16. The molecular formula is C18H27N4O4S+. The summed E-state index contributed by atoms with van der Waals surface area (Å²) < 4.78 is 26.7. The van der Waals surface area contributed by atoms with Crippen LogP contribution < -0.4 is 15.5 Å². The fourth-order valence-electron chi connectivity index (χ4n) is 3.65. The van der Waals surface area contributed by atoms with Gasteiger partial charge < -0.3 is 10.2 Å². The summed E-state index contributed by atoms with van der Waals surface area (Å²) in [6.45, 7) is 1.94. The lowest BCUT2D eigenvalue weighted by Gasteiger charge is -2.31. The highest BCUT2D eigenvalue weighted by Gasteiger charge is 2.31. The molecule has 0 spiro atoms. The van der Waals surface area contributed by atoms with Gasteiger partial charge in [0, 0.05) is 6.04 Å². The molecule has 0 atom stereocenters. The molecular weight excluding hydrogens is 368 g/mol.